The quantitative estimate of drug-likeness (QED) is 0.946. The lowest BCUT2D eigenvalue weighted by molar-refractivity contribution is 0.177. The van der Waals surface area contributed by atoms with Gasteiger partial charge >= 0.3 is 0 Å². The maximum Gasteiger partial charge on any atom is 0.0861 e. The maximum atomic E-state index is 10.1. The number of rotatable bonds is 3. The highest BCUT2D eigenvalue weighted by molar-refractivity contribution is 9.10. The van der Waals surface area contributed by atoms with Crippen LogP contribution in [0.1, 0.15) is 17.4 Å². The van der Waals surface area contributed by atoms with Crippen LogP contribution in [0.25, 0.3) is 0 Å². The molecule has 0 saturated carbocycles. The van der Waals surface area contributed by atoms with Crippen molar-refractivity contribution in [3.8, 4) is 0 Å². The minimum absolute atomic E-state index is 0.393. The SMILES string of the molecule is Cn1cc(CC(O)c2cc(Br)ccc2Cl)nn1. The molecule has 90 valence electrons. The molecule has 1 N–H and O–H groups in total. The Balaban J connectivity index is 2.19. The van der Waals surface area contributed by atoms with Gasteiger partial charge in [0.1, 0.15) is 0 Å². The molecule has 1 aromatic heterocycles. The maximum absolute atomic E-state index is 10.1. The number of hydrogen-bond donors (Lipinski definition) is 1. The van der Waals surface area contributed by atoms with Crippen molar-refractivity contribution in [2.75, 3.05) is 0 Å². The zero-order valence-corrected chi connectivity index (χ0v) is 11.5. The molecule has 1 aromatic carbocycles. The van der Waals surface area contributed by atoms with E-state index in [2.05, 4.69) is 26.2 Å². The van der Waals surface area contributed by atoms with E-state index >= 15 is 0 Å². The number of aromatic nitrogens is 3. The van der Waals surface area contributed by atoms with Gasteiger partial charge in [-0.3, -0.25) is 4.68 Å². The van der Waals surface area contributed by atoms with Gasteiger partial charge in [-0.25, -0.2) is 0 Å². The van der Waals surface area contributed by atoms with Crippen LogP contribution in [0, 0.1) is 0 Å². The van der Waals surface area contributed by atoms with Crippen LogP contribution in [-0.2, 0) is 13.5 Å². The third-order valence-electron chi connectivity index (χ3n) is 2.37. The largest absolute Gasteiger partial charge is 0.388 e. The first-order valence-electron chi connectivity index (χ1n) is 5.04. The van der Waals surface area contributed by atoms with Crippen LogP contribution in [0.15, 0.2) is 28.9 Å². The van der Waals surface area contributed by atoms with Crippen molar-refractivity contribution in [2.24, 2.45) is 7.05 Å². The van der Waals surface area contributed by atoms with Gasteiger partial charge in [-0.2, -0.15) is 0 Å². The van der Waals surface area contributed by atoms with Crippen LogP contribution < -0.4 is 0 Å². The Bertz CT molecular complexity index is 529. The molecule has 0 aliphatic carbocycles. The van der Waals surface area contributed by atoms with Crippen LogP contribution in [0.2, 0.25) is 5.02 Å². The fraction of sp³-hybridized carbons (Fsp3) is 0.273. The van der Waals surface area contributed by atoms with E-state index in [0.29, 0.717) is 17.0 Å². The zero-order chi connectivity index (χ0) is 12.4. The summed E-state index contributed by atoms with van der Waals surface area (Å²) in [6, 6.07) is 5.39. The molecule has 0 bridgehead atoms. The van der Waals surface area contributed by atoms with Gasteiger partial charge in [0.15, 0.2) is 0 Å². The lowest BCUT2D eigenvalue weighted by Gasteiger charge is -2.11. The lowest BCUT2D eigenvalue weighted by atomic mass is 10.1. The van der Waals surface area contributed by atoms with Gasteiger partial charge in [-0.05, 0) is 18.2 Å². The van der Waals surface area contributed by atoms with Crippen molar-refractivity contribution in [1.82, 2.24) is 15.0 Å². The predicted octanol–water partition coefficient (Wildman–Crippen LogP) is 2.51. The second-order valence-electron chi connectivity index (χ2n) is 3.77. The predicted molar refractivity (Wildman–Crippen MR) is 68.8 cm³/mol. The van der Waals surface area contributed by atoms with E-state index in [1.807, 2.05) is 12.1 Å². The van der Waals surface area contributed by atoms with Crippen molar-refractivity contribution in [2.45, 2.75) is 12.5 Å². The minimum atomic E-state index is -0.684. The van der Waals surface area contributed by atoms with Gasteiger partial charge in [-0.15, -0.1) is 5.10 Å². The number of hydrogen-bond acceptors (Lipinski definition) is 3. The first kappa shape index (κ1) is 12.5. The molecular formula is C11H11BrClN3O. The summed E-state index contributed by atoms with van der Waals surface area (Å²) in [4.78, 5) is 0. The second-order valence-corrected chi connectivity index (χ2v) is 5.09. The first-order valence-corrected chi connectivity index (χ1v) is 6.21. The molecule has 0 fully saturated rings. The molecule has 0 saturated heterocycles. The number of aliphatic hydroxyl groups is 1. The Morgan fingerprint density at radius 1 is 1.53 bits per heavy atom. The molecule has 0 spiro atoms. The topological polar surface area (TPSA) is 50.9 Å². The van der Waals surface area contributed by atoms with Crippen molar-refractivity contribution < 1.29 is 5.11 Å². The van der Waals surface area contributed by atoms with Crippen molar-refractivity contribution in [3.63, 3.8) is 0 Å². The summed E-state index contributed by atoms with van der Waals surface area (Å²) < 4.78 is 2.49. The summed E-state index contributed by atoms with van der Waals surface area (Å²) in [7, 11) is 1.79. The molecule has 17 heavy (non-hydrogen) atoms. The van der Waals surface area contributed by atoms with E-state index in [4.69, 9.17) is 11.6 Å². The number of halogens is 2. The summed E-state index contributed by atoms with van der Waals surface area (Å²) in [5.41, 5.74) is 1.42. The van der Waals surface area contributed by atoms with E-state index in [-0.39, 0.29) is 0 Å². The first-order chi connectivity index (χ1) is 8.06. The second kappa shape index (κ2) is 5.16. The van der Waals surface area contributed by atoms with E-state index in [1.165, 1.54) is 0 Å². The average molecular weight is 317 g/mol. The van der Waals surface area contributed by atoms with Gasteiger partial charge in [0.25, 0.3) is 0 Å². The highest BCUT2D eigenvalue weighted by Crippen LogP contribution is 2.28. The highest BCUT2D eigenvalue weighted by Gasteiger charge is 2.14. The van der Waals surface area contributed by atoms with Crippen LogP contribution in [0.4, 0.5) is 0 Å². The Labute approximate surface area is 112 Å². The minimum Gasteiger partial charge on any atom is -0.388 e. The molecule has 1 atom stereocenters. The molecule has 2 aromatic rings. The molecule has 0 aliphatic heterocycles. The summed E-state index contributed by atoms with van der Waals surface area (Å²) in [5.74, 6) is 0. The van der Waals surface area contributed by atoms with Gasteiger partial charge in [0.2, 0.25) is 0 Å². The average Bonchev–Trinajstić information content (AvgIpc) is 2.67. The molecule has 6 heteroatoms. The zero-order valence-electron chi connectivity index (χ0n) is 9.14. The Morgan fingerprint density at radius 3 is 2.94 bits per heavy atom. The summed E-state index contributed by atoms with van der Waals surface area (Å²) in [5, 5.41) is 18.4. The van der Waals surface area contributed by atoms with Crippen LogP contribution in [0.5, 0.6) is 0 Å². The Morgan fingerprint density at radius 2 is 2.29 bits per heavy atom. The highest BCUT2D eigenvalue weighted by atomic mass is 79.9. The number of benzene rings is 1. The summed E-state index contributed by atoms with van der Waals surface area (Å²) in [6.45, 7) is 0. The van der Waals surface area contributed by atoms with E-state index in [9.17, 15) is 5.11 Å². The number of aliphatic hydroxyl groups excluding tert-OH is 1. The molecule has 2 rings (SSSR count). The molecular weight excluding hydrogens is 305 g/mol. The smallest absolute Gasteiger partial charge is 0.0861 e. The van der Waals surface area contributed by atoms with Crippen LogP contribution in [0.3, 0.4) is 0 Å². The molecule has 4 nitrogen and oxygen atoms in total. The fourth-order valence-corrected chi connectivity index (χ4v) is 2.19. The molecule has 1 heterocycles. The normalized spacial score (nSPS) is 12.7. The Hall–Kier alpha value is -0.910. The van der Waals surface area contributed by atoms with Gasteiger partial charge < -0.3 is 5.11 Å². The monoisotopic (exact) mass is 315 g/mol. The van der Waals surface area contributed by atoms with Crippen molar-refractivity contribution >= 4 is 27.5 Å². The third kappa shape index (κ3) is 3.06. The Kier molecular flexibility index (Phi) is 3.81. The van der Waals surface area contributed by atoms with Crippen LogP contribution >= 0.6 is 27.5 Å². The summed E-state index contributed by atoms with van der Waals surface area (Å²) in [6.07, 6.45) is 1.48. The van der Waals surface area contributed by atoms with Crippen molar-refractivity contribution in [3.05, 3.63) is 45.1 Å². The number of nitrogens with zero attached hydrogens (tertiary/aromatic N) is 3. The van der Waals surface area contributed by atoms with E-state index in [1.54, 1.807) is 24.0 Å². The van der Waals surface area contributed by atoms with Crippen molar-refractivity contribution in [1.29, 1.82) is 0 Å². The van der Waals surface area contributed by atoms with E-state index < -0.39 is 6.10 Å². The van der Waals surface area contributed by atoms with E-state index in [0.717, 1.165) is 10.2 Å². The number of aryl methyl sites for hydroxylation is 1. The van der Waals surface area contributed by atoms with Gasteiger partial charge in [0, 0.05) is 34.7 Å². The molecule has 0 aliphatic rings. The summed E-state index contributed by atoms with van der Waals surface area (Å²) >= 11 is 9.39. The lowest BCUT2D eigenvalue weighted by Crippen LogP contribution is -2.03. The third-order valence-corrected chi connectivity index (χ3v) is 3.21. The van der Waals surface area contributed by atoms with Gasteiger partial charge in [-0.1, -0.05) is 32.7 Å². The molecule has 1 unspecified atom stereocenters. The molecule has 0 radical (unpaired) electrons. The molecule has 0 amide bonds. The fourth-order valence-electron chi connectivity index (χ4n) is 1.57. The van der Waals surface area contributed by atoms with Crippen LogP contribution in [-0.4, -0.2) is 20.1 Å². The van der Waals surface area contributed by atoms with Gasteiger partial charge in [0.05, 0.1) is 11.8 Å². The standard InChI is InChI=1S/C11H11BrClN3O/c1-16-6-8(14-15-16)5-11(17)9-4-7(12)2-3-10(9)13/h2-4,6,11,17H,5H2,1H3.